The zero-order valence-electron chi connectivity index (χ0n) is 15.8. The zero-order chi connectivity index (χ0) is 20.6. The van der Waals surface area contributed by atoms with Gasteiger partial charge < -0.3 is 15.5 Å². The number of rotatable bonds is 7. The van der Waals surface area contributed by atoms with Gasteiger partial charge in [0.1, 0.15) is 6.04 Å². The molecule has 0 spiro atoms. The number of nitrogens with zero attached hydrogens (tertiary/aromatic N) is 3. The number of nitrogens with one attached hydrogen (secondary N) is 3. The molecule has 4 N–H and O–H groups in total. The summed E-state index contributed by atoms with van der Waals surface area (Å²) in [6, 6.07) is -1.52. The van der Waals surface area contributed by atoms with Gasteiger partial charge in [-0.15, -0.1) is 4.28 Å². The van der Waals surface area contributed by atoms with Crippen molar-refractivity contribution in [3.8, 4) is 0 Å². The van der Waals surface area contributed by atoms with Gasteiger partial charge in [0, 0.05) is 44.9 Å². The topological polar surface area (TPSA) is 153 Å². The van der Waals surface area contributed by atoms with E-state index in [2.05, 4.69) is 25.3 Å². The quantitative estimate of drug-likeness (QED) is 0.253. The van der Waals surface area contributed by atoms with Crippen LogP contribution in [0.2, 0.25) is 0 Å². The molecule has 2 bridgehead atoms. The summed E-state index contributed by atoms with van der Waals surface area (Å²) in [4.78, 5) is 33.8. The number of fused-ring (bicyclic) bond motifs is 2. The maximum atomic E-state index is 12.5. The van der Waals surface area contributed by atoms with E-state index >= 15 is 0 Å². The Morgan fingerprint density at radius 2 is 2.14 bits per heavy atom. The lowest BCUT2D eigenvalue weighted by Crippen LogP contribution is -2.50. The number of hydroxylamine groups is 3. The van der Waals surface area contributed by atoms with Crippen LogP contribution < -0.4 is 16.1 Å². The van der Waals surface area contributed by atoms with E-state index in [1.54, 1.807) is 0 Å². The van der Waals surface area contributed by atoms with Gasteiger partial charge in [-0.1, -0.05) is 0 Å². The SMILES string of the molecule is O=C(NOC[C@@H]1C[C@H](N2CCNC2)CN1)[C@@H]1CC[C@@H]2CN1C(=O)N2OS(=O)(=O)O. The number of carbonyl (C=O) groups is 2. The minimum atomic E-state index is -4.81. The fourth-order valence-electron chi connectivity index (χ4n) is 4.42. The van der Waals surface area contributed by atoms with Gasteiger partial charge in [-0.25, -0.2) is 10.3 Å². The molecule has 0 aromatic heterocycles. The van der Waals surface area contributed by atoms with Crippen LogP contribution in [-0.2, 0) is 24.3 Å². The van der Waals surface area contributed by atoms with Crippen molar-refractivity contribution in [1.82, 2.24) is 31.0 Å². The Bertz CT molecular complexity index is 745. The molecule has 4 heterocycles. The highest BCUT2D eigenvalue weighted by Crippen LogP contribution is 2.30. The smallest absolute Gasteiger partial charge is 0.310 e. The highest BCUT2D eigenvalue weighted by molar-refractivity contribution is 7.80. The number of piperidine rings is 1. The third-order valence-corrected chi connectivity index (χ3v) is 6.21. The molecule has 4 rings (SSSR count). The van der Waals surface area contributed by atoms with E-state index in [1.807, 2.05) is 0 Å². The monoisotopic (exact) mass is 434 g/mol. The predicted molar refractivity (Wildman–Crippen MR) is 97.3 cm³/mol. The molecule has 14 heteroatoms. The summed E-state index contributed by atoms with van der Waals surface area (Å²) in [5, 5.41) is 7.30. The van der Waals surface area contributed by atoms with Crippen molar-refractivity contribution in [2.75, 3.05) is 39.5 Å². The molecule has 4 atom stereocenters. The van der Waals surface area contributed by atoms with Crippen LogP contribution in [0.25, 0.3) is 0 Å². The number of carbonyl (C=O) groups excluding carboxylic acids is 2. The maximum absolute atomic E-state index is 12.5. The molecule has 3 amide bonds. The van der Waals surface area contributed by atoms with Gasteiger partial charge in [0.2, 0.25) is 0 Å². The summed E-state index contributed by atoms with van der Waals surface area (Å²) in [7, 11) is -4.81. The van der Waals surface area contributed by atoms with Gasteiger partial charge in [-0.2, -0.15) is 13.5 Å². The van der Waals surface area contributed by atoms with Crippen molar-refractivity contribution in [3.05, 3.63) is 0 Å². The average Bonchev–Trinajstić information content (AvgIpc) is 3.39. The molecule has 13 nitrogen and oxygen atoms in total. The lowest BCUT2D eigenvalue weighted by Gasteiger charge is -2.29. The van der Waals surface area contributed by atoms with Crippen LogP contribution in [-0.4, -0.2) is 103 Å². The van der Waals surface area contributed by atoms with E-state index in [0.717, 1.165) is 32.7 Å². The first-order chi connectivity index (χ1) is 13.8. The van der Waals surface area contributed by atoms with Crippen molar-refractivity contribution in [2.45, 2.75) is 43.4 Å². The molecule has 0 radical (unpaired) electrons. The molecule has 0 aliphatic carbocycles. The number of urea groups is 1. The molecule has 164 valence electrons. The van der Waals surface area contributed by atoms with Gasteiger partial charge >= 0.3 is 16.4 Å². The molecule has 4 fully saturated rings. The maximum Gasteiger partial charge on any atom is 0.418 e. The highest BCUT2D eigenvalue weighted by atomic mass is 32.3. The molecule has 29 heavy (non-hydrogen) atoms. The Kier molecular flexibility index (Phi) is 5.92. The summed E-state index contributed by atoms with van der Waals surface area (Å²) in [5.41, 5.74) is 2.40. The minimum Gasteiger partial charge on any atom is -0.310 e. The fraction of sp³-hybridized carbons (Fsp3) is 0.867. The highest BCUT2D eigenvalue weighted by Gasteiger charge is 2.49. The number of amides is 3. The van der Waals surface area contributed by atoms with E-state index in [9.17, 15) is 18.0 Å². The molecule has 4 saturated heterocycles. The molecule has 0 aromatic rings. The van der Waals surface area contributed by atoms with E-state index in [4.69, 9.17) is 9.39 Å². The van der Waals surface area contributed by atoms with E-state index in [1.165, 1.54) is 4.90 Å². The molecule has 0 unspecified atom stereocenters. The molecule has 0 aromatic carbocycles. The second-order valence-electron chi connectivity index (χ2n) is 7.75. The summed E-state index contributed by atoms with van der Waals surface area (Å²) < 4.78 is 35.0. The van der Waals surface area contributed by atoms with Crippen LogP contribution in [0.1, 0.15) is 19.3 Å². The van der Waals surface area contributed by atoms with Gasteiger partial charge in [0.05, 0.1) is 12.6 Å². The van der Waals surface area contributed by atoms with Crippen LogP contribution in [0.4, 0.5) is 4.79 Å². The summed E-state index contributed by atoms with van der Waals surface area (Å²) in [6.07, 6.45) is 1.63. The minimum absolute atomic E-state index is 0.128. The van der Waals surface area contributed by atoms with Crippen molar-refractivity contribution in [3.63, 3.8) is 0 Å². The van der Waals surface area contributed by atoms with Crippen LogP contribution >= 0.6 is 0 Å². The number of hydrogen-bond donors (Lipinski definition) is 4. The second kappa shape index (κ2) is 8.29. The Morgan fingerprint density at radius 3 is 2.86 bits per heavy atom. The normalized spacial score (nSPS) is 32.9. The molecule has 4 aliphatic rings. The van der Waals surface area contributed by atoms with Crippen molar-refractivity contribution in [2.24, 2.45) is 0 Å². The Balaban J connectivity index is 1.23. The largest absolute Gasteiger partial charge is 0.418 e. The molecule has 4 aliphatic heterocycles. The third-order valence-electron chi connectivity index (χ3n) is 5.86. The lowest BCUT2D eigenvalue weighted by molar-refractivity contribution is -0.139. The van der Waals surface area contributed by atoms with Crippen LogP contribution in [0.3, 0.4) is 0 Å². The number of hydrogen-bond acceptors (Lipinski definition) is 9. The van der Waals surface area contributed by atoms with Gasteiger partial charge in [0.25, 0.3) is 5.91 Å². The standard InChI is InChI=1S/C15H26N6O7S/c22-14(18-27-8-10-5-12(6-17-10)19-4-3-16-9-19)13-2-1-11-7-20(13)15(23)21(11)28-29(24,25)26/h10-13,16-17H,1-9H2,(H,18,22)(H,24,25,26)/t10-,11+,12-,13-/m0/s1. The van der Waals surface area contributed by atoms with Crippen LogP contribution in [0.5, 0.6) is 0 Å². The molecular formula is C15H26N6O7S. The zero-order valence-corrected chi connectivity index (χ0v) is 16.6. The van der Waals surface area contributed by atoms with E-state index in [-0.39, 0.29) is 12.6 Å². The van der Waals surface area contributed by atoms with Crippen LogP contribution in [0, 0.1) is 0 Å². The van der Waals surface area contributed by atoms with Crippen molar-refractivity contribution < 1.29 is 31.7 Å². The average molecular weight is 434 g/mol. The van der Waals surface area contributed by atoms with Crippen LogP contribution in [0.15, 0.2) is 0 Å². The van der Waals surface area contributed by atoms with Gasteiger partial charge in [-0.05, 0) is 19.3 Å². The Hall–Kier alpha value is -1.55. The predicted octanol–water partition coefficient (Wildman–Crippen LogP) is -2.37. The Labute approximate surface area is 168 Å². The summed E-state index contributed by atoms with van der Waals surface area (Å²) >= 11 is 0. The molecule has 0 saturated carbocycles. The first-order valence-corrected chi connectivity index (χ1v) is 11.0. The summed E-state index contributed by atoms with van der Waals surface area (Å²) in [5.74, 6) is -0.469. The van der Waals surface area contributed by atoms with Crippen molar-refractivity contribution in [1.29, 1.82) is 0 Å². The summed E-state index contributed by atoms with van der Waals surface area (Å²) in [6.45, 7) is 4.24. The van der Waals surface area contributed by atoms with Crippen molar-refractivity contribution >= 4 is 22.3 Å². The van der Waals surface area contributed by atoms with Gasteiger partial charge in [0.15, 0.2) is 0 Å². The Morgan fingerprint density at radius 1 is 1.31 bits per heavy atom. The lowest BCUT2D eigenvalue weighted by atomic mass is 10.0. The first-order valence-electron chi connectivity index (χ1n) is 9.68. The third kappa shape index (κ3) is 4.63. The fourth-order valence-corrected chi connectivity index (χ4v) is 4.81. The van der Waals surface area contributed by atoms with Gasteiger partial charge in [-0.3, -0.25) is 19.1 Å². The first kappa shape index (κ1) is 20.7. The van der Waals surface area contributed by atoms with E-state index in [0.29, 0.717) is 30.6 Å². The second-order valence-corrected chi connectivity index (χ2v) is 8.76. The molecular weight excluding hydrogens is 408 g/mol. The van der Waals surface area contributed by atoms with E-state index < -0.39 is 34.4 Å².